The van der Waals surface area contributed by atoms with Gasteiger partial charge in [-0.3, -0.25) is 4.79 Å². The lowest BCUT2D eigenvalue weighted by atomic mass is 10.1. The van der Waals surface area contributed by atoms with Gasteiger partial charge < -0.3 is 14.1 Å². The summed E-state index contributed by atoms with van der Waals surface area (Å²) in [6.45, 7) is 6.69. The zero-order valence-electron chi connectivity index (χ0n) is 11.2. The number of aryl methyl sites for hydroxylation is 1. The highest BCUT2D eigenvalue weighted by molar-refractivity contribution is 5.79. The molecule has 0 spiro atoms. The molecule has 1 aromatic heterocycles. The normalized spacial score (nSPS) is 16.0. The molecule has 0 amide bonds. The molecule has 2 aromatic rings. The molecule has 0 radical (unpaired) electrons. The van der Waals surface area contributed by atoms with E-state index in [1.165, 1.54) is 0 Å². The van der Waals surface area contributed by atoms with Crippen molar-refractivity contribution in [2.24, 2.45) is 0 Å². The first-order valence-electron chi connectivity index (χ1n) is 6.53. The zero-order valence-corrected chi connectivity index (χ0v) is 11.2. The van der Waals surface area contributed by atoms with Gasteiger partial charge in [0.1, 0.15) is 5.58 Å². The molecule has 3 rings (SSSR count). The van der Waals surface area contributed by atoms with Gasteiger partial charge >= 0.3 is 0 Å². The van der Waals surface area contributed by atoms with Crippen molar-refractivity contribution in [1.29, 1.82) is 0 Å². The fourth-order valence-corrected chi connectivity index (χ4v) is 2.46. The Kier molecular flexibility index (Phi) is 3.03. The minimum atomic E-state index is 0.0615. The van der Waals surface area contributed by atoms with E-state index in [1.807, 2.05) is 32.0 Å². The van der Waals surface area contributed by atoms with Gasteiger partial charge in [0.15, 0.2) is 5.43 Å². The lowest BCUT2D eigenvalue weighted by molar-refractivity contribution is 0.120. The molecule has 1 aromatic carbocycles. The number of anilines is 1. The molecule has 1 saturated heterocycles. The standard InChI is InChI=1S/C15H17NO3/c1-10-3-4-13-12(9-10)14(17)11(2)15(19-13)16-5-7-18-8-6-16/h3-4,9H,5-8H2,1-2H3. The summed E-state index contributed by atoms with van der Waals surface area (Å²) in [6.07, 6.45) is 0. The highest BCUT2D eigenvalue weighted by Crippen LogP contribution is 2.24. The Bertz CT molecular complexity index is 669. The quantitative estimate of drug-likeness (QED) is 0.787. The second-order valence-electron chi connectivity index (χ2n) is 4.96. The maximum absolute atomic E-state index is 12.4. The predicted molar refractivity (Wildman–Crippen MR) is 75.0 cm³/mol. The zero-order chi connectivity index (χ0) is 13.4. The average molecular weight is 259 g/mol. The fourth-order valence-electron chi connectivity index (χ4n) is 2.46. The lowest BCUT2D eigenvalue weighted by Crippen LogP contribution is -2.37. The van der Waals surface area contributed by atoms with Crippen LogP contribution >= 0.6 is 0 Å². The summed E-state index contributed by atoms with van der Waals surface area (Å²) < 4.78 is 11.3. The molecule has 4 heteroatoms. The fraction of sp³-hybridized carbons (Fsp3) is 0.400. The molecule has 0 atom stereocenters. The molecule has 2 heterocycles. The third-order valence-electron chi connectivity index (χ3n) is 3.55. The summed E-state index contributed by atoms with van der Waals surface area (Å²) in [5.41, 5.74) is 2.47. The maximum Gasteiger partial charge on any atom is 0.203 e. The van der Waals surface area contributed by atoms with E-state index in [9.17, 15) is 4.79 Å². The molecule has 0 bridgehead atoms. The van der Waals surface area contributed by atoms with E-state index in [0.717, 1.165) is 18.7 Å². The highest BCUT2D eigenvalue weighted by atomic mass is 16.5. The van der Waals surface area contributed by atoms with Crippen LogP contribution in [-0.4, -0.2) is 26.3 Å². The van der Waals surface area contributed by atoms with E-state index >= 15 is 0 Å². The number of fused-ring (bicyclic) bond motifs is 1. The second kappa shape index (κ2) is 4.70. The first kappa shape index (κ1) is 12.2. The average Bonchev–Trinajstić information content (AvgIpc) is 2.44. The third kappa shape index (κ3) is 2.12. The monoisotopic (exact) mass is 259 g/mol. The van der Waals surface area contributed by atoms with Crippen LogP contribution < -0.4 is 10.3 Å². The smallest absolute Gasteiger partial charge is 0.203 e. The summed E-state index contributed by atoms with van der Waals surface area (Å²) in [4.78, 5) is 14.5. The number of hydrogen-bond acceptors (Lipinski definition) is 4. The van der Waals surface area contributed by atoms with Crippen molar-refractivity contribution in [3.63, 3.8) is 0 Å². The van der Waals surface area contributed by atoms with Crippen LogP contribution in [0.5, 0.6) is 0 Å². The molecule has 19 heavy (non-hydrogen) atoms. The molecular formula is C15H17NO3. The van der Waals surface area contributed by atoms with Crippen LogP contribution in [0, 0.1) is 13.8 Å². The van der Waals surface area contributed by atoms with E-state index in [1.54, 1.807) is 0 Å². The van der Waals surface area contributed by atoms with Crippen LogP contribution in [0.3, 0.4) is 0 Å². The Morgan fingerprint density at radius 3 is 2.63 bits per heavy atom. The molecule has 1 aliphatic heterocycles. The summed E-state index contributed by atoms with van der Waals surface area (Å²) in [5, 5.41) is 0.662. The number of morpholine rings is 1. The topological polar surface area (TPSA) is 42.7 Å². The Hall–Kier alpha value is -1.81. The Morgan fingerprint density at radius 1 is 1.16 bits per heavy atom. The molecule has 1 fully saturated rings. The first-order valence-corrected chi connectivity index (χ1v) is 6.53. The molecule has 4 nitrogen and oxygen atoms in total. The van der Waals surface area contributed by atoms with Crippen LogP contribution in [0.4, 0.5) is 5.88 Å². The Balaban J connectivity index is 2.18. The van der Waals surface area contributed by atoms with E-state index in [2.05, 4.69) is 4.90 Å². The van der Waals surface area contributed by atoms with Crippen molar-refractivity contribution < 1.29 is 9.15 Å². The first-order chi connectivity index (χ1) is 9.16. The minimum absolute atomic E-state index is 0.0615. The van der Waals surface area contributed by atoms with Crippen molar-refractivity contribution in [1.82, 2.24) is 0 Å². The van der Waals surface area contributed by atoms with E-state index in [0.29, 0.717) is 35.6 Å². The van der Waals surface area contributed by atoms with Crippen molar-refractivity contribution >= 4 is 16.9 Å². The molecule has 0 N–H and O–H groups in total. The Labute approximate surface area is 111 Å². The molecule has 0 saturated carbocycles. The van der Waals surface area contributed by atoms with Crippen molar-refractivity contribution in [2.75, 3.05) is 31.2 Å². The summed E-state index contributed by atoms with van der Waals surface area (Å²) in [5.74, 6) is 0.685. The van der Waals surface area contributed by atoms with Crippen molar-refractivity contribution in [3.8, 4) is 0 Å². The number of hydrogen-bond donors (Lipinski definition) is 0. The molecule has 0 unspecified atom stereocenters. The van der Waals surface area contributed by atoms with Gasteiger partial charge in [-0.1, -0.05) is 11.6 Å². The van der Waals surface area contributed by atoms with Gasteiger partial charge in [0, 0.05) is 13.1 Å². The minimum Gasteiger partial charge on any atom is -0.440 e. The van der Waals surface area contributed by atoms with Crippen LogP contribution in [0.2, 0.25) is 0 Å². The SMILES string of the molecule is Cc1ccc2oc(N3CCOCC3)c(C)c(=O)c2c1. The van der Waals surface area contributed by atoms with E-state index < -0.39 is 0 Å². The van der Waals surface area contributed by atoms with Gasteiger partial charge in [-0.25, -0.2) is 0 Å². The van der Waals surface area contributed by atoms with E-state index in [4.69, 9.17) is 9.15 Å². The highest BCUT2D eigenvalue weighted by Gasteiger charge is 2.19. The van der Waals surface area contributed by atoms with Gasteiger partial charge in [-0.15, -0.1) is 0 Å². The largest absolute Gasteiger partial charge is 0.440 e. The number of benzene rings is 1. The second-order valence-corrected chi connectivity index (χ2v) is 4.96. The molecular weight excluding hydrogens is 242 g/mol. The Morgan fingerprint density at radius 2 is 1.89 bits per heavy atom. The van der Waals surface area contributed by atoms with Crippen molar-refractivity contribution in [2.45, 2.75) is 13.8 Å². The summed E-state index contributed by atoms with van der Waals surface area (Å²) >= 11 is 0. The van der Waals surface area contributed by atoms with Crippen LogP contribution in [0.15, 0.2) is 27.4 Å². The van der Waals surface area contributed by atoms with Gasteiger partial charge in [0.25, 0.3) is 0 Å². The van der Waals surface area contributed by atoms with Gasteiger partial charge in [-0.05, 0) is 26.0 Å². The number of rotatable bonds is 1. The number of nitrogens with zero attached hydrogens (tertiary/aromatic N) is 1. The summed E-state index contributed by atoms with van der Waals surface area (Å²) in [7, 11) is 0. The molecule has 100 valence electrons. The lowest BCUT2D eigenvalue weighted by Gasteiger charge is -2.28. The van der Waals surface area contributed by atoms with Gasteiger partial charge in [0.2, 0.25) is 5.88 Å². The van der Waals surface area contributed by atoms with E-state index in [-0.39, 0.29) is 5.43 Å². The van der Waals surface area contributed by atoms with Crippen LogP contribution in [0.25, 0.3) is 11.0 Å². The molecule has 1 aliphatic rings. The van der Waals surface area contributed by atoms with Crippen LogP contribution in [-0.2, 0) is 4.74 Å². The maximum atomic E-state index is 12.4. The van der Waals surface area contributed by atoms with Gasteiger partial charge in [0.05, 0.1) is 24.2 Å². The number of ether oxygens (including phenoxy) is 1. The van der Waals surface area contributed by atoms with Crippen molar-refractivity contribution in [3.05, 3.63) is 39.5 Å². The third-order valence-corrected chi connectivity index (χ3v) is 3.55. The molecule has 0 aliphatic carbocycles. The van der Waals surface area contributed by atoms with Crippen LogP contribution in [0.1, 0.15) is 11.1 Å². The van der Waals surface area contributed by atoms with Gasteiger partial charge in [-0.2, -0.15) is 0 Å². The summed E-state index contributed by atoms with van der Waals surface area (Å²) in [6, 6.07) is 5.72. The predicted octanol–water partition coefficient (Wildman–Crippen LogP) is 2.25.